The molecular formula is C15H22BrFN2. The average molecular weight is 329 g/mol. The van der Waals surface area contributed by atoms with Gasteiger partial charge in [0.15, 0.2) is 0 Å². The lowest BCUT2D eigenvalue weighted by molar-refractivity contribution is 0.252. The van der Waals surface area contributed by atoms with Gasteiger partial charge < -0.3 is 10.2 Å². The fourth-order valence-corrected chi connectivity index (χ4v) is 3.11. The molecule has 2 rings (SSSR count). The van der Waals surface area contributed by atoms with E-state index in [1.807, 2.05) is 12.1 Å². The van der Waals surface area contributed by atoms with E-state index in [9.17, 15) is 4.39 Å². The summed E-state index contributed by atoms with van der Waals surface area (Å²) in [7, 11) is 0. The highest BCUT2D eigenvalue weighted by atomic mass is 79.9. The summed E-state index contributed by atoms with van der Waals surface area (Å²) < 4.78 is 15.0. The number of piperazine rings is 1. The Morgan fingerprint density at radius 2 is 2.11 bits per heavy atom. The van der Waals surface area contributed by atoms with E-state index in [1.54, 1.807) is 6.07 Å². The zero-order valence-electron chi connectivity index (χ0n) is 11.8. The van der Waals surface area contributed by atoms with Gasteiger partial charge in [0, 0.05) is 29.1 Å². The summed E-state index contributed by atoms with van der Waals surface area (Å²) in [5.41, 5.74) is 0.815. The van der Waals surface area contributed by atoms with Crippen molar-refractivity contribution in [2.45, 2.75) is 45.2 Å². The number of hydrogen-bond donors (Lipinski definition) is 1. The molecule has 1 aromatic rings. The van der Waals surface area contributed by atoms with Crippen LogP contribution in [0.4, 0.5) is 10.1 Å². The zero-order valence-corrected chi connectivity index (χ0v) is 13.4. The van der Waals surface area contributed by atoms with Gasteiger partial charge in [0.1, 0.15) is 5.82 Å². The Bertz CT molecular complexity index is 446. The Hall–Kier alpha value is -0.610. The molecule has 0 aliphatic carbocycles. The maximum absolute atomic E-state index is 14.2. The highest BCUT2D eigenvalue weighted by Gasteiger charge is 2.35. The van der Waals surface area contributed by atoms with E-state index in [-0.39, 0.29) is 11.4 Å². The van der Waals surface area contributed by atoms with Crippen LogP contribution in [0.2, 0.25) is 0 Å². The summed E-state index contributed by atoms with van der Waals surface area (Å²) >= 11 is 3.31. The van der Waals surface area contributed by atoms with Gasteiger partial charge in [-0.1, -0.05) is 29.8 Å². The lowest BCUT2D eigenvalue weighted by Gasteiger charge is -2.47. The molecule has 1 N–H and O–H groups in total. The molecule has 2 nitrogen and oxygen atoms in total. The summed E-state index contributed by atoms with van der Waals surface area (Å²) in [5, 5.41) is 3.64. The SMILES string of the molecule is CCC1(CC)CN(c2ccc(Br)cc2F)C(C)CN1. The second-order valence-electron chi connectivity index (χ2n) is 5.44. The minimum absolute atomic E-state index is 0.103. The monoisotopic (exact) mass is 328 g/mol. The number of hydrogen-bond acceptors (Lipinski definition) is 2. The topological polar surface area (TPSA) is 15.3 Å². The standard InChI is InChI=1S/C15H22BrFN2/c1-4-15(5-2)10-19(11(3)9-18-15)14-7-6-12(16)8-13(14)17/h6-8,11,18H,4-5,9-10H2,1-3H3. The Balaban J connectivity index is 2.31. The highest BCUT2D eigenvalue weighted by molar-refractivity contribution is 9.10. The number of benzene rings is 1. The fourth-order valence-electron chi connectivity index (χ4n) is 2.77. The summed E-state index contributed by atoms with van der Waals surface area (Å²) in [6, 6.07) is 5.63. The van der Waals surface area contributed by atoms with Crippen molar-refractivity contribution in [2.24, 2.45) is 0 Å². The third kappa shape index (κ3) is 2.95. The predicted octanol–water partition coefficient (Wildman–Crippen LogP) is 3.95. The Morgan fingerprint density at radius 1 is 1.42 bits per heavy atom. The van der Waals surface area contributed by atoms with Crippen LogP contribution in [0.3, 0.4) is 0 Å². The van der Waals surface area contributed by atoms with Crippen LogP contribution in [0.25, 0.3) is 0 Å². The lowest BCUT2D eigenvalue weighted by atomic mass is 9.88. The van der Waals surface area contributed by atoms with Crippen LogP contribution < -0.4 is 10.2 Å². The third-order valence-corrected chi connectivity index (χ3v) is 4.84. The molecule has 0 bridgehead atoms. The summed E-state index contributed by atoms with van der Waals surface area (Å²) in [6.07, 6.45) is 2.12. The molecular weight excluding hydrogens is 307 g/mol. The molecule has 1 aromatic carbocycles. The quantitative estimate of drug-likeness (QED) is 0.903. The van der Waals surface area contributed by atoms with Crippen molar-refractivity contribution in [2.75, 3.05) is 18.0 Å². The average Bonchev–Trinajstić information content (AvgIpc) is 2.41. The van der Waals surface area contributed by atoms with E-state index in [4.69, 9.17) is 0 Å². The highest BCUT2D eigenvalue weighted by Crippen LogP contribution is 2.30. The predicted molar refractivity (Wildman–Crippen MR) is 82.2 cm³/mol. The minimum atomic E-state index is -0.149. The molecule has 1 aliphatic rings. The van der Waals surface area contributed by atoms with Gasteiger partial charge in [-0.3, -0.25) is 0 Å². The Morgan fingerprint density at radius 3 is 2.68 bits per heavy atom. The van der Waals surface area contributed by atoms with Crippen molar-refractivity contribution >= 4 is 21.6 Å². The molecule has 1 aliphatic heterocycles. The van der Waals surface area contributed by atoms with Crippen molar-refractivity contribution in [1.82, 2.24) is 5.32 Å². The van der Waals surface area contributed by atoms with Crippen molar-refractivity contribution in [3.05, 3.63) is 28.5 Å². The van der Waals surface area contributed by atoms with Crippen molar-refractivity contribution < 1.29 is 4.39 Å². The number of halogens is 2. The number of nitrogens with one attached hydrogen (secondary N) is 1. The van der Waals surface area contributed by atoms with Gasteiger partial charge in [-0.05, 0) is 38.0 Å². The molecule has 1 fully saturated rings. The molecule has 0 saturated carbocycles. The van der Waals surface area contributed by atoms with Crippen LogP contribution in [-0.2, 0) is 0 Å². The van der Waals surface area contributed by atoms with E-state index in [0.29, 0.717) is 11.7 Å². The van der Waals surface area contributed by atoms with Gasteiger partial charge in [-0.2, -0.15) is 0 Å². The van der Waals surface area contributed by atoms with Crippen LogP contribution >= 0.6 is 15.9 Å². The summed E-state index contributed by atoms with van der Waals surface area (Å²) in [6.45, 7) is 8.30. The molecule has 0 spiro atoms. The third-order valence-electron chi connectivity index (χ3n) is 4.35. The van der Waals surface area contributed by atoms with Gasteiger partial charge in [-0.15, -0.1) is 0 Å². The molecule has 0 radical (unpaired) electrons. The molecule has 19 heavy (non-hydrogen) atoms. The summed E-state index contributed by atoms with van der Waals surface area (Å²) in [4.78, 5) is 2.20. The van der Waals surface area contributed by atoms with Crippen LogP contribution in [0, 0.1) is 5.82 Å². The van der Waals surface area contributed by atoms with E-state index < -0.39 is 0 Å². The van der Waals surface area contributed by atoms with E-state index in [1.165, 1.54) is 0 Å². The number of anilines is 1. The zero-order chi connectivity index (χ0) is 14.0. The molecule has 1 saturated heterocycles. The Kier molecular flexibility index (Phi) is 4.51. The van der Waals surface area contributed by atoms with Crippen molar-refractivity contribution in [1.29, 1.82) is 0 Å². The normalized spacial score (nSPS) is 22.6. The van der Waals surface area contributed by atoms with Crippen LogP contribution in [0.5, 0.6) is 0 Å². The first-order valence-corrected chi connectivity index (χ1v) is 7.77. The van der Waals surface area contributed by atoms with E-state index in [2.05, 4.69) is 46.9 Å². The van der Waals surface area contributed by atoms with Gasteiger partial charge >= 0.3 is 0 Å². The molecule has 0 amide bonds. The fraction of sp³-hybridized carbons (Fsp3) is 0.600. The second-order valence-corrected chi connectivity index (χ2v) is 6.36. The molecule has 0 aromatic heterocycles. The molecule has 106 valence electrons. The summed E-state index contributed by atoms with van der Waals surface area (Å²) in [5.74, 6) is -0.149. The van der Waals surface area contributed by atoms with E-state index >= 15 is 0 Å². The van der Waals surface area contributed by atoms with Crippen LogP contribution in [0.1, 0.15) is 33.6 Å². The molecule has 1 atom stereocenters. The number of rotatable bonds is 3. The van der Waals surface area contributed by atoms with Crippen molar-refractivity contribution in [3.8, 4) is 0 Å². The minimum Gasteiger partial charge on any atom is -0.363 e. The smallest absolute Gasteiger partial charge is 0.147 e. The largest absolute Gasteiger partial charge is 0.363 e. The molecule has 1 heterocycles. The first kappa shape index (κ1) is 14.8. The second kappa shape index (κ2) is 5.80. The Labute approximate surface area is 123 Å². The van der Waals surface area contributed by atoms with Gasteiger partial charge in [0.2, 0.25) is 0 Å². The first-order valence-electron chi connectivity index (χ1n) is 6.98. The van der Waals surface area contributed by atoms with Crippen molar-refractivity contribution in [3.63, 3.8) is 0 Å². The van der Waals surface area contributed by atoms with Gasteiger partial charge in [0.25, 0.3) is 0 Å². The maximum Gasteiger partial charge on any atom is 0.147 e. The molecule has 1 unspecified atom stereocenters. The first-order chi connectivity index (χ1) is 9.01. The van der Waals surface area contributed by atoms with Crippen LogP contribution in [-0.4, -0.2) is 24.7 Å². The molecule has 4 heteroatoms. The van der Waals surface area contributed by atoms with Gasteiger partial charge in [-0.25, -0.2) is 4.39 Å². The van der Waals surface area contributed by atoms with Crippen LogP contribution in [0.15, 0.2) is 22.7 Å². The van der Waals surface area contributed by atoms with Gasteiger partial charge in [0.05, 0.1) is 5.69 Å². The lowest BCUT2D eigenvalue weighted by Crippen LogP contribution is -2.63. The van der Waals surface area contributed by atoms with E-state index in [0.717, 1.165) is 30.4 Å². The number of nitrogens with zero attached hydrogens (tertiary/aromatic N) is 1. The maximum atomic E-state index is 14.2.